The summed E-state index contributed by atoms with van der Waals surface area (Å²) in [4.78, 5) is 13.3. The summed E-state index contributed by atoms with van der Waals surface area (Å²) in [5.74, 6) is 0. The van der Waals surface area contributed by atoms with Crippen LogP contribution < -0.4 is 0 Å². The van der Waals surface area contributed by atoms with Crippen molar-refractivity contribution in [2.75, 3.05) is 0 Å². The predicted octanol–water partition coefficient (Wildman–Crippen LogP) is 7.91. The zero-order chi connectivity index (χ0) is 23.6. The van der Waals surface area contributed by atoms with Crippen LogP contribution in [0.15, 0.2) is 101 Å². The Hall–Kier alpha value is -3.70. The van der Waals surface area contributed by atoms with Crippen molar-refractivity contribution in [3.63, 3.8) is 0 Å². The molecular weight excluding hydrogens is 643 g/mol. The number of fused-ring (bicyclic) bond motifs is 4. The van der Waals surface area contributed by atoms with Gasteiger partial charge in [-0.05, 0) is 48.0 Å². The van der Waals surface area contributed by atoms with E-state index in [0.29, 0.717) is 5.71 Å². The molecule has 5 aromatic heterocycles. The van der Waals surface area contributed by atoms with Crippen molar-refractivity contribution in [1.82, 2.24) is 15.0 Å². The third-order valence-corrected chi connectivity index (χ3v) is 6.56. The number of pyridine rings is 3. The summed E-state index contributed by atoms with van der Waals surface area (Å²) in [6.45, 7) is 1.96. The molecule has 0 fully saturated rings. The first-order valence-corrected chi connectivity index (χ1v) is 12.1. The van der Waals surface area contributed by atoms with Crippen LogP contribution in [-0.2, 0) is 20.1 Å². The SMILES string of the molecule is Cc1ccc2c(n1)oc1c(-c3cc4sccc4cn3)[c-]ccc12.[Ir].[c-]1ccccc1-c1ccccn1. The standard InChI is InChI=1S/C19H11N2OS.C11H8N.Ir/c1-11-5-6-14-13-3-2-4-15(18(13)22-19(14)21-11)16-9-17-12(10-20-16)7-8-23-17;1-2-6-10(7-3-1)11-8-4-5-9-12-11;/h2-3,5-10H,1H3;1-6,8-9H;/q2*-1;. The van der Waals surface area contributed by atoms with Crippen LogP contribution in [0.2, 0.25) is 0 Å². The molecule has 0 atom stereocenters. The van der Waals surface area contributed by atoms with E-state index in [1.54, 1.807) is 17.5 Å². The van der Waals surface area contributed by atoms with Gasteiger partial charge in [0.25, 0.3) is 0 Å². The van der Waals surface area contributed by atoms with E-state index in [4.69, 9.17) is 4.42 Å². The quantitative estimate of drug-likeness (QED) is 0.177. The number of hydrogen-bond donors (Lipinski definition) is 0. The Morgan fingerprint density at radius 3 is 2.58 bits per heavy atom. The second-order valence-corrected chi connectivity index (χ2v) is 8.97. The molecule has 0 amide bonds. The van der Waals surface area contributed by atoms with E-state index in [0.717, 1.165) is 50.0 Å². The topological polar surface area (TPSA) is 51.8 Å². The number of hydrogen-bond acceptors (Lipinski definition) is 5. The monoisotopic (exact) mass is 662 g/mol. The Morgan fingerprint density at radius 2 is 1.75 bits per heavy atom. The largest absolute Gasteiger partial charge is 0.486 e. The van der Waals surface area contributed by atoms with Crippen molar-refractivity contribution >= 4 is 43.5 Å². The molecule has 0 bridgehead atoms. The normalized spacial score (nSPS) is 10.7. The summed E-state index contributed by atoms with van der Waals surface area (Å²) in [5, 5.41) is 5.31. The van der Waals surface area contributed by atoms with Crippen molar-refractivity contribution in [3.8, 4) is 22.5 Å². The minimum Gasteiger partial charge on any atom is -0.486 e. The molecule has 1 radical (unpaired) electrons. The van der Waals surface area contributed by atoms with Crippen molar-refractivity contribution < 1.29 is 24.5 Å². The van der Waals surface area contributed by atoms with Crippen LogP contribution in [-0.4, -0.2) is 15.0 Å². The second-order valence-electron chi connectivity index (χ2n) is 8.02. The Kier molecular flexibility index (Phi) is 7.01. The van der Waals surface area contributed by atoms with Gasteiger partial charge in [-0.2, -0.15) is 0 Å². The van der Waals surface area contributed by atoms with Crippen LogP contribution in [0.3, 0.4) is 0 Å². The van der Waals surface area contributed by atoms with Gasteiger partial charge in [-0.3, -0.25) is 0 Å². The van der Waals surface area contributed by atoms with Gasteiger partial charge in [0.15, 0.2) is 0 Å². The molecule has 177 valence electrons. The maximum absolute atomic E-state index is 6.03. The van der Waals surface area contributed by atoms with E-state index in [1.165, 1.54) is 4.70 Å². The number of furan rings is 1. The Balaban J connectivity index is 0.000000175. The van der Waals surface area contributed by atoms with Gasteiger partial charge in [-0.1, -0.05) is 29.1 Å². The molecule has 0 N–H and O–H groups in total. The van der Waals surface area contributed by atoms with Crippen molar-refractivity contribution in [3.05, 3.63) is 114 Å². The molecule has 0 aliphatic heterocycles. The van der Waals surface area contributed by atoms with Crippen LogP contribution in [0.1, 0.15) is 5.69 Å². The van der Waals surface area contributed by atoms with E-state index >= 15 is 0 Å². The first kappa shape index (κ1) is 24.0. The molecule has 0 aliphatic rings. The summed E-state index contributed by atoms with van der Waals surface area (Å²) < 4.78 is 7.25. The van der Waals surface area contributed by atoms with Crippen molar-refractivity contribution in [2.45, 2.75) is 6.92 Å². The zero-order valence-electron chi connectivity index (χ0n) is 19.2. The summed E-state index contributed by atoms with van der Waals surface area (Å²) in [7, 11) is 0. The Labute approximate surface area is 226 Å². The number of nitrogens with zero attached hydrogens (tertiary/aromatic N) is 3. The van der Waals surface area contributed by atoms with E-state index in [9.17, 15) is 0 Å². The summed E-state index contributed by atoms with van der Waals surface area (Å²) in [6.07, 6.45) is 3.69. The molecule has 0 saturated carbocycles. The maximum atomic E-state index is 6.03. The molecule has 36 heavy (non-hydrogen) atoms. The summed E-state index contributed by atoms with van der Waals surface area (Å²) in [6, 6.07) is 32.3. The van der Waals surface area contributed by atoms with Crippen LogP contribution >= 0.6 is 11.3 Å². The molecule has 7 aromatic rings. The fourth-order valence-electron chi connectivity index (χ4n) is 3.97. The molecule has 5 heterocycles. The van der Waals surface area contributed by atoms with Crippen LogP contribution in [0.25, 0.3) is 54.7 Å². The van der Waals surface area contributed by atoms with Gasteiger partial charge in [-0.25, -0.2) is 4.98 Å². The Morgan fingerprint density at radius 1 is 0.833 bits per heavy atom. The van der Waals surface area contributed by atoms with Gasteiger partial charge in [0.1, 0.15) is 0 Å². The van der Waals surface area contributed by atoms with Crippen LogP contribution in [0.4, 0.5) is 0 Å². The predicted molar refractivity (Wildman–Crippen MR) is 142 cm³/mol. The molecule has 4 nitrogen and oxygen atoms in total. The van der Waals surface area contributed by atoms with Gasteiger partial charge >= 0.3 is 0 Å². The van der Waals surface area contributed by atoms with E-state index in [2.05, 4.69) is 50.7 Å². The zero-order valence-corrected chi connectivity index (χ0v) is 22.4. The molecule has 0 unspecified atom stereocenters. The van der Waals surface area contributed by atoms with Crippen molar-refractivity contribution in [1.29, 1.82) is 0 Å². The average molecular weight is 662 g/mol. The third-order valence-electron chi connectivity index (χ3n) is 5.68. The first-order chi connectivity index (χ1) is 17.3. The minimum absolute atomic E-state index is 0. The molecule has 2 aromatic carbocycles. The van der Waals surface area contributed by atoms with E-state index < -0.39 is 0 Å². The number of aryl methyl sites for hydroxylation is 1. The molecular formula is C30H19IrN3OS-2. The van der Waals surface area contributed by atoms with Gasteiger partial charge < -0.3 is 14.4 Å². The third kappa shape index (κ3) is 4.71. The van der Waals surface area contributed by atoms with Crippen molar-refractivity contribution in [2.24, 2.45) is 0 Å². The number of rotatable bonds is 2. The second kappa shape index (κ2) is 10.5. The van der Waals surface area contributed by atoms with E-state index in [-0.39, 0.29) is 20.1 Å². The van der Waals surface area contributed by atoms with Gasteiger partial charge in [0.05, 0.1) is 5.58 Å². The molecule has 0 saturated heterocycles. The molecule has 7 rings (SSSR count). The number of aromatic nitrogens is 3. The molecule has 6 heteroatoms. The molecule has 0 aliphatic carbocycles. The smallest absolute Gasteiger partial charge is 0.216 e. The summed E-state index contributed by atoms with van der Waals surface area (Å²) >= 11 is 1.71. The fraction of sp³-hybridized carbons (Fsp3) is 0.0333. The number of thiophene rings is 1. The van der Waals surface area contributed by atoms with Gasteiger partial charge in [0, 0.05) is 53.7 Å². The summed E-state index contributed by atoms with van der Waals surface area (Å²) in [5.41, 5.74) is 6.17. The van der Waals surface area contributed by atoms with Crippen LogP contribution in [0, 0.1) is 19.1 Å². The number of benzene rings is 2. The van der Waals surface area contributed by atoms with Gasteiger partial charge in [0.2, 0.25) is 5.71 Å². The Bertz CT molecular complexity index is 1720. The average Bonchev–Trinajstić information content (AvgIpc) is 3.53. The molecule has 0 spiro atoms. The van der Waals surface area contributed by atoms with E-state index in [1.807, 2.05) is 73.8 Å². The first-order valence-electron chi connectivity index (χ1n) is 11.2. The fourth-order valence-corrected chi connectivity index (χ4v) is 4.77. The van der Waals surface area contributed by atoms with Crippen LogP contribution in [0.5, 0.6) is 0 Å². The van der Waals surface area contributed by atoms with Gasteiger partial charge in [-0.15, -0.1) is 65.4 Å². The minimum atomic E-state index is 0. The maximum Gasteiger partial charge on any atom is 0.216 e.